The number of aromatic amines is 1. The zero-order chi connectivity index (χ0) is 18.4. The number of sulfone groups is 1. The van der Waals surface area contributed by atoms with Gasteiger partial charge in [0.25, 0.3) is 5.56 Å². The Hall–Kier alpha value is -1.74. The lowest BCUT2D eigenvalue weighted by Gasteiger charge is -2.42. The van der Waals surface area contributed by atoms with Gasteiger partial charge in [-0.15, -0.1) is 0 Å². The van der Waals surface area contributed by atoms with Crippen LogP contribution in [0.15, 0.2) is 4.79 Å². The Morgan fingerprint density at radius 2 is 1.96 bits per heavy atom. The van der Waals surface area contributed by atoms with Crippen LogP contribution in [0.5, 0.6) is 0 Å². The molecule has 0 spiro atoms. The standard InChI is InChI=1S/C16H24N4O4S/c1-4-14-17-10(2)11(16(22)18-14)7-15(21)20-6-5-19(3)12-8-25(23,24)9-13(12)20/h12-13H,4-9H2,1-3H3,(H,17,18,22)/t12-,13+/m0/s1. The summed E-state index contributed by atoms with van der Waals surface area (Å²) in [4.78, 5) is 35.7. The minimum absolute atomic E-state index is 0.00386. The molecule has 2 atom stereocenters. The molecule has 0 unspecified atom stereocenters. The molecule has 9 heteroatoms. The first-order valence-electron chi connectivity index (χ1n) is 8.50. The number of hydrogen-bond acceptors (Lipinski definition) is 6. The molecule has 1 amide bonds. The quantitative estimate of drug-likeness (QED) is 0.743. The van der Waals surface area contributed by atoms with E-state index in [1.807, 2.05) is 18.9 Å². The number of rotatable bonds is 3. The van der Waals surface area contributed by atoms with E-state index >= 15 is 0 Å². The van der Waals surface area contributed by atoms with Gasteiger partial charge in [0, 0.05) is 36.8 Å². The van der Waals surface area contributed by atoms with Crippen molar-refractivity contribution in [2.45, 2.75) is 38.8 Å². The van der Waals surface area contributed by atoms with Crippen LogP contribution >= 0.6 is 0 Å². The molecule has 3 heterocycles. The maximum Gasteiger partial charge on any atom is 0.254 e. The number of aromatic nitrogens is 2. The molecule has 2 aliphatic heterocycles. The maximum absolute atomic E-state index is 12.8. The Morgan fingerprint density at radius 3 is 2.60 bits per heavy atom. The van der Waals surface area contributed by atoms with Crippen molar-refractivity contribution in [2.24, 2.45) is 0 Å². The molecular weight excluding hydrogens is 344 g/mol. The molecule has 0 bridgehead atoms. The van der Waals surface area contributed by atoms with E-state index in [1.54, 1.807) is 11.8 Å². The van der Waals surface area contributed by atoms with Crippen molar-refractivity contribution in [3.8, 4) is 0 Å². The van der Waals surface area contributed by atoms with E-state index in [9.17, 15) is 18.0 Å². The highest BCUT2D eigenvalue weighted by atomic mass is 32.2. The summed E-state index contributed by atoms with van der Waals surface area (Å²) in [7, 11) is -1.25. The SMILES string of the molecule is CCc1nc(C)c(CC(=O)N2CCN(C)[C@H]3CS(=O)(=O)C[C@H]32)c(=O)[nH]1. The van der Waals surface area contributed by atoms with Gasteiger partial charge in [0.2, 0.25) is 5.91 Å². The molecule has 0 saturated carbocycles. The predicted molar refractivity (Wildman–Crippen MR) is 93.2 cm³/mol. The highest BCUT2D eigenvalue weighted by molar-refractivity contribution is 7.91. The van der Waals surface area contributed by atoms with Crippen LogP contribution in [0.3, 0.4) is 0 Å². The summed E-state index contributed by atoms with van der Waals surface area (Å²) >= 11 is 0. The van der Waals surface area contributed by atoms with E-state index in [0.717, 1.165) is 0 Å². The van der Waals surface area contributed by atoms with Gasteiger partial charge in [0.15, 0.2) is 9.84 Å². The molecule has 0 aliphatic carbocycles. The number of aryl methyl sites for hydroxylation is 2. The first-order chi connectivity index (χ1) is 11.7. The van der Waals surface area contributed by atoms with Crippen molar-refractivity contribution in [3.63, 3.8) is 0 Å². The van der Waals surface area contributed by atoms with Crippen molar-refractivity contribution >= 4 is 15.7 Å². The summed E-state index contributed by atoms with van der Waals surface area (Å²) < 4.78 is 24.0. The molecule has 3 rings (SSSR count). The van der Waals surface area contributed by atoms with Gasteiger partial charge in [0.05, 0.1) is 24.0 Å². The van der Waals surface area contributed by atoms with Crippen molar-refractivity contribution < 1.29 is 13.2 Å². The second-order valence-electron chi connectivity index (χ2n) is 6.89. The summed E-state index contributed by atoms with van der Waals surface area (Å²) in [6, 6.07) is -0.499. The fourth-order valence-corrected chi connectivity index (χ4v) is 5.79. The second-order valence-corrected chi connectivity index (χ2v) is 9.04. The lowest BCUT2D eigenvalue weighted by Crippen LogP contribution is -2.59. The molecule has 2 aliphatic rings. The normalized spacial score (nSPS) is 25.8. The lowest BCUT2D eigenvalue weighted by atomic mass is 10.0. The molecule has 0 aromatic carbocycles. The van der Waals surface area contributed by atoms with Crippen LogP contribution in [-0.2, 0) is 27.5 Å². The van der Waals surface area contributed by atoms with Crippen molar-refractivity contribution in [2.75, 3.05) is 31.6 Å². The monoisotopic (exact) mass is 368 g/mol. The van der Waals surface area contributed by atoms with Crippen LogP contribution in [0.2, 0.25) is 0 Å². The summed E-state index contributed by atoms with van der Waals surface area (Å²) in [5.41, 5.74) is 0.625. The number of fused-ring (bicyclic) bond motifs is 1. The van der Waals surface area contributed by atoms with Crippen LogP contribution in [-0.4, -0.2) is 77.8 Å². The van der Waals surface area contributed by atoms with Gasteiger partial charge in [-0.3, -0.25) is 14.5 Å². The number of nitrogens with one attached hydrogen (secondary N) is 1. The topological polar surface area (TPSA) is 103 Å². The Kier molecular flexibility index (Phi) is 4.72. The minimum Gasteiger partial charge on any atom is -0.336 e. The lowest BCUT2D eigenvalue weighted by molar-refractivity contribution is -0.135. The number of hydrogen-bond donors (Lipinski definition) is 1. The van der Waals surface area contributed by atoms with E-state index in [2.05, 4.69) is 9.97 Å². The second kappa shape index (κ2) is 6.53. The average Bonchev–Trinajstić information content (AvgIpc) is 2.86. The highest BCUT2D eigenvalue weighted by Gasteiger charge is 2.46. The third-order valence-electron chi connectivity index (χ3n) is 5.21. The van der Waals surface area contributed by atoms with Crippen LogP contribution in [0.4, 0.5) is 0 Å². The van der Waals surface area contributed by atoms with E-state index in [1.165, 1.54) is 0 Å². The third kappa shape index (κ3) is 3.48. The van der Waals surface area contributed by atoms with Gasteiger partial charge in [-0.2, -0.15) is 0 Å². The number of nitrogens with zero attached hydrogens (tertiary/aromatic N) is 3. The summed E-state index contributed by atoms with van der Waals surface area (Å²) in [6.45, 7) is 4.73. The first-order valence-corrected chi connectivity index (χ1v) is 10.3. The molecule has 25 heavy (non-hydrogen) atoms. The number of likely N-dealkylation sites (N-methyl/N-ethyl adjacent to an activating group) is 1. The molecule has 138 valence electrons. The summed E-state index contributed by atoms with van der Waals surface area (Å²) in [6.07, 6.45) is 0.565. The van der Waals surface area contributed by atoms with Crippen LogP contribution in [0, 0.1) is 6.92 Å². The van der Waals surface area contributed by atoms with Crippen molar-refractivity contribution in [1.82, 2.24) is 19.8 Å². The van der Waals surface area contributed by atoms with Gasteiger partial charge in [0.1, 0.15) is 5.82 Å². The molecular formula is C16H24N4O4S. The summed E-state index contributed by atoms with van der Waals surface area (Å²) in [5.74, 6) is 0.473. The van der Waals surface area contributed by atoms with E-state index in [4.69, 9.17) is 0 Å². The Balaban J connectivity index is 1.83. The third-order valence-corrected chi connectivity index (χ3v) is 6.91. The Bertz CT molecular complexity index is 848. The number of H-pyrrole nitrogens is 1. The van der Waals surface area contributed by atoms with Gasteiger partial charge in [-0.05, 0) is 14.0 Å². The van der Waals surface area contributed by atoms with Gasteiger partial charge in [-0.25, -0.2) is 13.4 Å². The maximum atomic E-state index is 12.8. The van der Waals surface area contributed by atoms with Gasteiger partial charge in [-0.1, -0.05) is 6.92 Å². The van der Waals surface area contributed by atoms with Crippen LogP contribution in [0.1, 0.15) is 24.0 Å². The first kappa shape index (κ1) is 18.1. The number of piperazine rings is 1. The predicted octanol–water partition coefficient (Wildman–Crippen LogP) is -0.877. The molecule has 2 saturated heterocycles. The number of carbonyl (C=O) groups is 1. The molecule has 1 aromatic heterocycles. The fraction of sp³-hybridized carbons (Fsp3) is 0.688. The smallest absolute Gasteiger partial charge is 0.254 e. The largest absolute Gasteiger partial charge is 0.336 e. The highest BCUT2D eigenvalue weighted by Crippen LogP contribution is 2.26. The number of carbonyl (C=O) groups excluding carboxylic acids is 1. The van der Waals surface area contributed by atoms with Gasteiger partial charge < -0.3 is 9.88 Å². The zero-order valence-electron chi connectivity index (χ0n) is 14.8. The Morgan fingerprint density at radius 1 is 1.28 bits per heavy atom. The molecule has 1 N–H and O–H groups in total. The van der Waals surface area contributed by atoms with Crippen LogP contribution in [0.25, 0.3) is 0 Å². The van der Waals surface area contributed by atoms with E-state index in [0.29, 0.717) is 36.6 Å². The molecule has 8 nitrogen and oxygen atoms in total. The van der Waals surface area contributed by atoms with Crippen molar-refractivity contribution in [3.05, 3.63) is 27.4 Å². The molecule has 1 aromatic rings. The van der Waals surface area contributed by atoms with Gasteiger partial charge >= 0.3 is 0 Å². The fourth-order valence-electron chi connectivity index (χ4n) is 3.73. The minimum atomic E-state index is -3.14. The molecule has 0 radical (unpaired) electrons. The van der Waals surface area contributed by atoms with E-state index in [-0.39, 0.29) is 41.5 Å². The molecule has 2 fully saturated rings. The van der Waals surface area contributed by atoms with Crippen LogP contribution < -0.4 is 5.56 Å². The van der Waals surface area contributed by atoms with E-state index < -0.39 is 9.84 Å². The Labute approximate surface area is 147 Å². The summed E-state index contributed by atoms with van der Waals surface area (Å²) in [5, 5.41) is 0. The zero-order valence-corrected chi connectivity index (χ0v) is 15.6. The average molecular weight is 368 g/mol. The van der Waals surface area contributed by atoms with Crippen molar-refractivity contribution in [1.29, 1.82) is 0 Å². The number of amides is 1.